The first-order chi connectivity index (χ1) is 13.4. The number of esters is 2. The Kier molecular flexibility index (Phi) is 12.2. The maximum Gasteiger partial charge on any atom is 0.306 e. The summed E-state index contributed by atoms with van der Waals surface area (Å²) >= 11 is 0. The second kappa shape index (κ2) is 14.1. The number of carbonyl (C=O) groups excluding carboxylic acids is 2. The summed E-state index contributed by atoms with van der Waals surface area (Å²) in [5.41, 5.74) is 1.76. The fourth-order valence-electron chi connectivity index (χ4n) is 2.62. The molecule has 1 aromatic carbocycles. The molecule has 1 rings (SSSR count). The molecule has 0 saturated carbocycles. The topological polar surface area (TPSA) is 93.1 Å². The van der Waals surface area contributed by atoms with Gasteiger partial charge in [-0.15, -0.1) is 0 Å². The minimum Gasteiger partial charge on any atom is -0.461 e. The molecule has 2 atom stereocenters. The Morgan fingerprint density at radius 1 is 0.750 bits per heavy atom. The number of hydrogen-bond acceptors (Lipinski definition) is 6. The van der Waals surface area contributed by atoms with E-state index in [1.54, 1.807) is 13.8 Å². The molecular formula is C22H34O6. The molecule has 0 bridgehead atoms. The van der Waals surface area contributed by atoms with Crippen molar-refractivity contribution in [3.05, 3.63) is 35.4 Å². The number of ether oxygens (including phenoxy) is 2. The highest BCUT2D eigenvalue weighted by Crippen LogP contribution is 2.10. The molecule has 0 aromatic heterocycles. The molecule has 1 aromatic rings. The van der Waals surface area contributed by atoms with Crippen LogP contribution in [0.2, 0.25) is 0 Å². The summed E-state index contributed by atoms with van der Waals surface area (Å²) in [6, 6.07) is 7.41. The number of carbonyl (C=O) groups is 2. The van der Waals surface area contributed by atoms with Crippen LogP contribution in [0.1, 0.15) is 76.3 Å². The minimum atomic E-state index is -0.330. The lowest BCUT2D eigenvalue weighted by atomic mass is 10.1. The summed E-state index contributed by atoms with van der Waals surface area (Å²) < 4.78 is 10.5. The molecule has 158 valence electrons. The van der Waals surface area contributed by atoms with Crippen molar-refractivity contribution < 1.29 is 29.3 Å². The first-order valence-corrected chi connectivity index (χ1v) is 10.1. The van der Waals surface area contributed by atoms with Crippen molar-refractivity contribution in [3.8, 4) is 0 Å². The molecular weight excluding hydrogens is 360 g/mol. The van der Waals surface area contributed by atoms with Gasteiger partial charge in [0.1, 0.15) is 13.2 Å². The Balaban J connectivity index is 2.19. The summed E-state index contributed by atoms with van der Waals surface area (Å²) in [6.07, 6.45) is 4.49. The molecule has 0 aliphatic heterocycles. The van der Waals surface area contributed by atoms with Crippen LogP contribution in [0.15, 0.2) is 24.3 Å². The van der Waals surface area contributed by atoms with Gasteiger partial charge in [0.05, 0.1) is 12.2 Å². The van der Waals surface area contributed by atoms with Gasteiger partial charge in [0, 0.05) is 12.8 Å². The Labute approximate surface area is 167 Å². The van der Waals surface area contributed by atoms with Crippen LogP contribution in [0.5, 0.6) is 0 Å². The number of hydrogen-bond donors (Lipinski definition) is 2. The zero-order valence-corrected chi connectivity index (χ0v) is 17.1. The highest BCUT2D eigenvalue weighted by Gasteiger charge is 2.06. The van der Waals surface area contributed by atoms with E-state index in [4.69, 9.17) is 9.47 Å². The molecule has 0 fully saturated rings. The second-order valence-electron chi connectivity index (χ2n) is 7.33. The lowest BCUT2D eigenvalue weighted by molar-refractivity contribution is -0.146. The van der Waals surface area contributed by atoms with E-state index >= 15 is 0 Å². The van der Waals surface area contributed by atoms with Gasteiger partial charge in [0.15, 0.2) is 0 Å². The summed E-state index contributed by atoms with van der Waals surface area (Å²) in [6.45, 7) is 3.92. The average Bonchev–Trinajstić information content (AvgIpc) is 2.66. The molecule has 2 unspecified atom stereocenters. The molecule has 2 N–H and O–H groups in total. The fraction of sp³-hybridized carbons (Fsp3) is 0.636. The van der Waals surface area contributed by atoms with Gasteiger partial charge in [0.25, 0.3) is 0 Å². The second-order valence-corrected chi connectivity index (χ2v) is 7.33. The average molecular weight is 395 g/mol. The van der Waals surface area contributed by atoms with Crippen LogP contribution in [-0.4, -0.2) is 34.4 Å². The molecule has 0 radical (unpaired) electrons. The quantitative estimate of drug-likeness (QED) is 0.369. The molecule has 0 aliphatic carbocycles. The maximum absolute atomic E-state index is 11.7. The number of aliphatic hydroxyl groups excluding tert-OH is 2. The first-order valence-electron chi connectivity index (χ1n) is 10.1. The van der Waals surface area contributed by atoms with Crippen LogP contribution >= 0.6 is 0 Å². The lowest BCUT2D eigenvalue weighted by Gasteiger charge is -2.08. The lowest BCUT2D eigenvalue weighted by Crippen LogP contribution is -2.06. The van der Waals surface area contributed by atoms with E-state index < -0.39 is 0 Å². The third-order valence-corrected chi connectivity index (χ3v) is 4.33. The van der Waals surface area contributed by atoms with Crippen molar-refractivity contribution in [2.24, 2.45) is 0 Å². The standard InChI is InChI=1S/C22H34O6/c1-17(23)7-3-5-9-21(25)27-15-19-11-13-20(14-12-19)16-28-22(26)10-6-4-8-18(2)24/h11-14,17-18,23-24H,3-10,15-16H2,1-2H3. The monoisotopic (exact) mass is 394 g/mol. The normalized spacial score (nSPS) is 13.0. The van der Waals surface area contributed by atoms with Gasteiger partial charge in [-0.1, -0.05) is 37.1 Å². The van der Waals surface area contributed by atoms with Crippen molar-refractivity contribution in [2.75, 3.05) is 0 Å². The molecule has 6 heteroatoms. The summed E-state index contributed by atoms with van der Waals surface area (Å²) in [5.74, 6) is -0.474. The van der Waals surface area contributed by atoms with Crippen molar-refractivity contribution in [1.29, 1.82) is 0 Å². The Bertz CT molecular complexity index is 514. The summed E-state index contributed by atoms with van der Waals surface area (Å²) in [5, 5.41) is 18.3. The van der Waals surface area contributed by atoms with Crippen LogP contribution in [-0.2, 0) is 32.3 Å². The van der Waals surface area contributed by atoms with Gasteiger partial charge >= 0.3 is 11.9 Å². The minimum absolute atomic E-state index is 0.221. The summed E-state index contributed by atoms with van der Waals surface area (Å²) in [4.78, 5) is 23.4. The predicted molar refractivity (Wildman–Crippen MR) is 106 cm³/mol. The van der Waals surface area contributed by atoms with Gasteiger partial charge in [-0.05, 0) is 50.7 Å². The van der Waals surface area contributed by atoms with E-state index in [2.05, 4.69) is 0 Å². The van der Waals surface area contributed by atoms with Gasteiger partial charge in [0.2, 0.25) is 0 Å². The molecule has 0 aliphatic rings. The highest BCUT2D eigenvalue weighted by atomic mass is 16.5. The number of benzene rings is 1. The molecule has 0 saturated heterocycles. The number of rotatable bonds is 14. The smallest absolute Gasteiger partial charge is 0.306 e. The molecule has 28 heavy (non-hydrogen) atoms. The van der Waals surface area contributed by atoms with Crippen molar-refractivity contribution in [1.82, 2.24) is 0 Å². The largest absolute Gasteiger partial charge is 0.461 e. The van der Waals surface area contributed by atoms with Gasteiger partial charge in [-0.2, -0.15) is 0 Å². The number of aliphatic hydroxyl groups is 2. The van der Waals surface area contributed by atoms with Crippen LogP contribution in [0.25, 0.3) is 0 Å². The Morgan fingerprint density at radius 2 is 1.11 bits per heavy atom. The van der Waals surface area contributed by atoms with Crippen LogP contribution in [0.4, 0.5) is 0 Å². The molecule has 0 heterocycles. The van der Waals surface area contributed by atoms with Gasteiger partial charge in [-0.25, -0.2) is 0 Å². The summed E-state index contributed by atoms with van der Waals surface area (Å²) in [7, 11) is 0. The SMILES string of the molecule is CC(O)CCCCC(=O)OCc1ccc(COC(=O)CCCCC(C)O)cc1. The van der Waals surface area contributed by atoms with E-state index in [0.29, 0.717) is 38.5 Å². The van der Waals surface area contributed by atoms with E-state index in [1.165, 1.54) is 0 Å². The first kappa shape index (κ1) is 24.1. The number of unbranched alkanes of at least 4 members (excludes halogenated alkanes) is 2. The molecule has 6 nitrogen and oxygen atoms in total. The maximum atomic E-state index is 11.7. The molecule has 0 amide bonds. The van der Waals surface area contributed by atoms with Gasteiger partial charge in [-0.3, -0.25) is 9.59 Å². The third-order valence-electron chi connectivity index (χ3n) is 4.33. The molecule has 0 spiro atoms. The van der Waals surface area contributed by atoms with Crippen LogP contribution < -0.4 is 0 Å². The van der Waals surface area contributed by atoms with Crippen molar-refractivity contribution in [2.45, 2.75) is 90.6 Å². The third kappa shape index (κ3) is 12.5. The van der Waals surface area contributed by atoms with E-state index in [0.717, 1.165) is 24.0 Å². The fourth-order valence-corrected chi connectivity index (χ4v) is 2.62. The van der Waals surface area contributed by atoms with E-state index in [1.807, 2.05) is 24.3 Å². The van der Waals surface area contributed by atoms with Crippen molar-refractivity contribution >= 4 is 11.9 Å². The van der Waals surface area contributed by atoms with Crippen LogP contribution in [0.3, 0.4) is 0 Å². The zero-order chi connectivity index (χ0) is 20.8. The van der Waals surface area contributed by atoms with E-state index in [-0.39, 0.29) is 37.4 Å². The van der Waals surface area contributed by atoms with Crippen molar-refractivity contribution in [3.63, 3.8) is 0 Å². The predicted octanol–water partition coefficient (Wildman–Crippen LogP) is 3.66. The zero-order valence-electron chi connectivity index (χ0n) is 17.1. The van der Waals surface area contributed by atoms with E-state index in [9.17, 15) is 19.8 Å². The Hall–Kier alpha value is -1.92. The highest BCUT2D eigenvalue weighted by molar-refractivity contribution is 5.69. The van der Waals surface area contributed by atoms with Gasteiger partial charge < -0.3 is 19.7 Å². The van der Waals surface area contributed by atoms with Crippen LogP contribution in [0, 0.1) is 0 Å². The Morgan fingerprint density at radius 3 is 1.43 bits per heavy atom.